The third kappa shape index (κ3) is 4.45. The minimum Gasteiger partial charge on any atom is -0.370 e. The quantitative estimate of drug-likeness (QED) is 0.346. The molecule has 0 radical (unpaired) electrons. The van der Waals surface area contributed by atoms with Crippen molar-refractivity contribution in [3.8, 4) is 5.69 Å². The molecule has 1 aliphatic heterocycles. The number of anilines is 1. The number of fused-ring (bicyclic) bond motifs is 1. The third-order valence-electron chi connectivity index (χ3n) is 6.45. The SMILES string of the molecule is FC(F)(F)c1ccccc1-n1nc(CC(c2ccccc2)c2ccccc2)c2c1NCCCC2. The smallest absolute Gasteiger partial charge is 0.370 e. The predicted octanol–water partition coefficient (Wildman–Crippen LogP) is 7.01. The molecular weight excluding hydrogens is 435 g/mol. The van der Waals surface area contributed by atoms with Crippen LogP contribution < -0.4 is 5.32 Å². The Kier molecular flexibility index (Phi) is 6.14. The molecule has 0 atom stereocenters. The highest BCUT2D eigenvalue weighted by Crippen LogP contribution is 2.38. The lowest BCUT2D eigenvalue weighted by atomic mass is 9.86. The van der Waals surface area contributed by atoms with Crippen molar-refractivity contribution in [1.82, 2.24) is 9.78 Å². The summed E-state index contributed by atoms with van der Waals surface area (Å²) in [5.74, 6) is 0.736. The summed E-state index contributed by atoms with van der Waals surface area (Å²) in [5.41, 5.74) is 3.57. The Balaban J connectivity index is 1.64. The van der Waals surface area contributed by atoms with Crippen molar-refractivity contribution in [3.63, 3.8) is 0 Å². The van der Waals surface area contributed by atoms with Gasteiger partial charge in [-0.3, -0.25) is 0 Å². The zero-order chi connectivity index (χ0) is 23.5. The normalized spacial score (nSPS) is 13.9. The lowest BCUT2D eigenvalue weighted by Crippen LogP contribution is -2.14. The van der Waals surface area contributed by atoms with E-state index in [0.717, 1.165) is 47.7 Å². The molecule has 2 heterocycles. The maximum absolute atomic E-state index is 13.8. The molecule has 4 aromatic rings. The maximum Gasteiger partial charge on any atom is 0.418 e. The summed E-state index contributed by atoms with van der Waals surface area (Å²) in [7, 11) is 0. The monoisotopic (exact) mass is 461 g/mol. The van der Waals surface area contributed by atoms with Crippen molar-refractivity contribution in [3.05, 3.63) is 113 Å². The van der Waals surface area contributed by atoms with Gasteiger partial charge in [-0.1, -0.05) is 72.8 Å². The molecule has 1 aliphatic rings. The van der Waals surface area contributed by atoms with Crippen LogP contribution in [0.25, 0.3) is 5.69 Å². The molecule has 174 valence electrons. The Bertz CT molecular complexity index is 1210. The molecule has 0 amide bonds. The number of hydrogen-bond donors (Lipinski definition) is 1. The zero-order valence-corrected chi connectivity index (χ0v) is 18.7. The fourth-order valence-corrected chi connectivity index (χ4v) is 4.80. The van der Waals surface area contributed by atoms with Crippen molar-refractivity contribution >= 4 is 5.82 Å². The van der Waals surface area contributed by atoms with Crippen molar-refractivity contribution in [1.29, 1.82) is 0 Å². The summed E-state index contributed by atoms with van der Waals surface area (Å²) in [4.78, 5) is 0. The number of aromatic nitrogens is 2. The van der Waals surface area contributed by atoms with Crippen LogP contribution in [0.1, 0.15) is 46.7 Å². The van der Waals surface area contributed by atoms with Gasteiger partial charge in [-0.15, -0.1) is 0 Å². The van der Waals surface area contributed by atoms with Crippen LogP contribution in [0.15, 0.2) is 84.9 Å². The molecule has 1 N–H and O–H groups in total. The molecule has 0 saturated carbocycles. The van der Waals surface area contributed by atoms with E-state index in [1.807, 2.05) is 36.4 Å². The van der Waals surface area contributed by atoms with Gasteiger partial charge in [-0.05, 0) is 42.5 Å². The van der Waals surface area contributed by atoms with E-state index in [0.29, 0.717) is 18.8 Å². The highest BCUT2D eigenvalue weighted by Gasteiger charge is 2.35. The van der Waals surface area contributed by atoms with Crippen LogP contribution in [0.4, 0.5) is 19.0 Å². The first-order valence-electron chi connectivity index (χ1n) is 11.6. The van der Waals surface area contributed by atoms with Crippen LogP contribution in [0.2, 0.25) is 0 Å². The van der Waals surface area contributed by atoms with Crippen LogP contribution in [-0.4, -0.2) is 16.3 Å². The Labute approximate surface area is 197 Å². The van der Waals surface area contributed by atoms with Crippen LogP contribution in [0, 0.1) is 0 Å². The molecule has 0 fully saturated rings. The minimum absolute atomic E-state index is 0.0518. The van der Waals surface area contributed by atoms with Crippen molar-refractivity contribution in [2.45, 2.75) is 37.8 Å². The molecule has 34 heavy (non-hydrogen) atoms. The lowest BCUT2D eigenvalue weighted by Gasteiger charge is -2.18. The summed E-state index contributed by atoms with van der Waals surface area (Å²) in [5, 5.41) is 8.20. The molecule has 1 aromatic heterocycles. The summed E-state index contributed by atoms with van der Waals surface area (Å²) >= 11 is 0. The van der Waals surface area contributed by atoms with Gasteiger partial charge in [0.2, 0.25) is 0 Å². The van der Waals surface area contributed by atoms with Crippen molar-refractivity contribution in [2.75, 3.05) is 11.9 Å². The van der Waals surface area contributed by atoms with E-state index in [2.05, 4.69) is 29.6 Å². The fraction of sp³-hybridized carbons (Fsp3) is 0.250. The van der Waals surface area contributed by atoms with Gasteiger partial charge in [-0.25, -0.2) is 4.68 Å². The van der Waals surface area contributed by atoms with Gasteiger partial charge < -0.3 is 5.32 Å². The molecule has 0 saturated heterocycles. The number of para-hydroxylation sites is 1. The summed E-state index contributed by atoms with van der Waals surface area (Å²) < 4.78 is 43.0. The molecule has 0 unspecified atom stereocenters. The van der Waals surface area contributed by atoms with Crippen molar-refractivity contribution in [2.24, 2.45) is 0 Å². The highest BCUT2D eigenvalue weighted by atomic mass is 19.4. The van der Waals surface area contributed by atoms with Gasteiger partial charge in [0.15, 0.2) is 0 Å². The topological polar surface area (TPSA) is 29.9 Å². The molecule has 0 bridgehead atoms. The average molecular weight is 462 g/mol. The molecule has 3 nitrogen and oxygen atoms in total. The largest absolute Gasteiger partial charge is 0.418 e. The van der Waals surface area contributed by atoms with E-state index in [4.69, 9.17) is 5.10 Å². The molecule has 5 rings (SSSR count). The Hall–Kier alpha value is -3.54. The molecule has 0 spiro atoms. The van der Waals surface area contributed by atoms with Gasteiger partial charge in [0, 0.05) is 24.4 Å². The van der Waals surface area contributed by atoms with E-state index < -0.39 is 11.7 Å². The summed E-state index contributed by atoms with van der Waals surface area (Å²) in [6.07, 6.45) is -1.12. The minimum atomic E-state index is -4.46. The number of benzene rings is 3. The number of nitrogens with zero attached hydrogens (tertiary/aromatic N) is 2. The van der Waals surface area contributed by atoms with Gasteiger partial charge in [0.1, 0.15) is 5.82 Å². The number of alkyl halides is 3. The highest BCUT2D eigenvalue weighted by molar-refractivity contribution is 5.57. The lowest BCUT2D eigenvalue weighted by molar-refractivity contribution is -0.137. The molecule has 0 aliphatic carbocycles. The van der Waals surface area contributed by atoms with Crippen LogP contribution in [0.3, 0.4) is 0 Å². The Morgan fingerprint density at radius 2 is 1.44 bits per heavy atom. The van der Waals surface area contributed by atoms with E-state index >= 15 is 0 Å². The Morgan fingerprint density at radius 3 is 2.09 bits per heavy atom. The van der Waals surface area contributed by atoms with Gasteiger partial charge >= 0.3 is 6.18 Å². The molecular formula is C28H26F3N3. The average Bonchev–Trinajstić information content (AvgIpc) is 3.01. The van der Waals surface area contributed by atoms with E-state index in [1.54, 1.807) is 6.07 Å². The van der Waals surface area contributed by atoms with Crippen LogP contribution >= 0.6 is 0 Å². The number of nitrogens with one attached hydrogen (secondary N) is 1. The predicted molar refractivity (Wildman–Crippen MR) is 128 cm³/mol. The molecule has 3 aromatic carbocycles. The first kappa shape index (κ1) is 22.3. The Morgan fingerprint density at radius 1 is 0.824 bits per heavy atom. The fourth-order valence-electron chi connectivity index (χ4n) is 4.80. The standard InChI is InChI=1S/C28H26F3N3/c29-28(30,31)24-16-7-8-17-26(24)34-27-22(15-9-10-18-32-27)25(33-34)19-23(20-11-3-1-4-12-20)21-13-5-2-6-14-21/h1-8,11-14,16-17,23,32H,9-10,15,18-19H2. The number of halogens is 3. The van der Waals surface area contributed by atoms with E-state index in [9.17, 15) is 13.2 Å². The van der Waals surface area contributed by atoms with Crippen LogP contribution in [-0.2, 0) is 19.0 Å². The number of rotatable bonds is 5. The zero-order valence-electron chi connectivity index (χ0n) is 18.7. The third-order valence-corrected chi connectivity index (χ3v) is 6.45. The second kappa shape index (κ2) is 9.37. The number of hydrogen-bond acceptors (Lipinski definition) is 2. The van der Waals surface area contributed by atoms with E-state index in [1.165, 1.54) is 16.8 Å². The second-order valence-corrected chi connectivity index (χ2v) is 8.66. The van der Waals surface area contributed by atoms with Gasteiger partial charge in [0.05, 0.1) is 16.9 Å². The summed E-state index contributed by atoms with van der Waals surface area (Å²) in [6.45, 7) is 0.715. The van der Waals surface area contributed by atoms with Crippen LogP contribution in [0.5, 0.6) is 0 Å². The maximum atomic E-state index is 13.8. The van der Waals surface area contributed by atoms with Crippen molar-refractivity contribution < 1.29 is 13.2 Å². The first-order chi connectivity index (χ1) is 16.5. The first-order valence-corrected chi connectivity index (χ1v) is 11.6. The summed E-state index contributed by atoms with van der Waals surface area (Å²) in [6, 6.07) is 26.1. The van der Waals surface area contributed by atoms with Gasteiger partial charge in [0.25, 0.3) is 0 Å². The second-order valence-electron chi connectivity index (χ2n) is 8.66. The molecule has 6 heteroatoms. The van der Waals surface area contributed by atoms with Gasteiger partial charge in [-0.2, -0.15) is 18.3 Å². The van der Waals surface area contributed by atoms with E-state index in [-0.39, 0.29) is 11.6 Å².